The number of imidazole rings is 1. The van der Waals surface area contributed by atoms with E-state index in [9.17, 15) is 14.3 Å². The number of likely N-dealkylation sites (tertiary alicyclic amines) is 1. The van der Waals surface area contributed by atoms with Gasteiger partial charge in [-0.25, -0.2) is 19.2 Å². The fourth-order valence-corrected chi connectivity index (χ4v) is 5.90. The highest BCUT2D eigenvalue weighted by atomic mass is 35.5. The Hall–Kier alpha value is -3.53. The molecule has 2 fully saturated rings. The molecule has 214 valence electrons. The van der Waals surface area contributed by atoms with Gasteiger partial charge in [0.1, 0.15) is 18.2 Å². The van der Waals surface area contributed by atoms with Gasteiger partial charge in [0, 0.05) is 34.9 Å². The predicted octanol–water partition coefficient (Wildman–Crippen LogP) is 6.23. The SMILES string of the molecule is C[C@@H](c1nc2ccc(C(=O)O)cc2n1CC1CCO1)N1CCC(c2cccc(OCc3cc(Cl)ccc3F)n2)CC1. The minimum absolute atomic E-state index is 0.0481. The Kier molecular flexibility index (Phi) is 7.92. The molecule has 2 saturated heterocycles. The average Bonchev–Trinajstić information content (AvgIpc) is 3.32. The summed E-state index contributed by atoms with van der Waals surface area (Å²) in [6.45, 7) is 5.38. The van der Waals surface area contributed by atoms with E-state index in [1.165, 1.54) is 12.1 Å². The fourth-order valence-electron chi connectivity index (χ4n) is 5.71. The maximum Gasteiger partial charge on any atom is 0.335 e. The van der Waals surface area contributed by atoms with Crippen molar-refractivity contribution >= 4 is 28.6 Å². The maximum absolute atomic E-state index is 14.1. The van der Waals surface area contributed by atoms with Crippen LogP contribution in [0.1, 0.15) is 65.6 Å². The second kappa shape index (κ2) is 11.8. The van der Waals surface area contributed by atoms with Gasteiger partial charge in [-0.15, -0.1) is 0 Å². The first-order chi connectivity index (χ1) is 19.9. The van der Waals surface area contributed by atoms with Crippen LogP contribution in [0, 0.1) is 5.82 Å². The van der Waals surface area contributed by atoms with Crippen molar-refractivity contribution in [3.05, 3.63) is 88.1 Å². The van der Waals surface area contributed by atoms with E-state index in [0.717, 1.165) is 61.5 Å². The molecule has 8 nitrogen and oxygen atoms in total. The monoisotopic (exact) mass is 578 g/mol. The summed E-state index contributed by atoms with van der Waals surface area (Å²) in [6.07, 6.45) is 2.97. The van der Waals surface area contributed by atoms with Gasteiger partial charge < -0.3 is 19.1 Å². The number of ether oxygens (including phenoxy) is 2. The molecule has 41 heavy (non-hydrogen) atoms. The first-order valence-corrected chi connectivity index (χ1v) is 14.4. The van der Waals surface area contributed by atoms with Crippen LogP contribution in [0.3, 0.4) is 0 Å². The smallest absolute Gasteiger partial charge is 0.335 e. The Morgan fingerprint density at radius 1 is 1.15 bits per heavy atom. The predicted molar refractivity (Wildman–Crippen MR) is 153 cm³/mol. The Bertz CT molecular complexity index is 1570. The molecule has 1 N–H and O–H groups in total. The molecule has 2 aliphatic heterocycles. The molecule has 1 unspecified atom stereocenters. The quantitative estimate of drug-likeness (QED) is 0.252. The lowest BCUT2D eigenvalue weighted by atomic mass is 9.92. The molecule has 4 heterocycles. The van der Waals surface area contributed by atoms with E-state index in [4.69, 9.17) is 31.0 Å². The van der Waals surface area contributed by atoms with Gasteiger partial charge in [0.15, 0.2) is 0 Å². The maximum atomic E-state index is 14.1. The van der Waals surface area contributed by atoms with Crippen LogP contribution in [0.2, 0.25) is 5.02 Å². The molecular weight excluding hydrogens is 547 g/mol. The molecular formula is C31H32ClFN4O4. The van der Waals surface area contributed by atoms with Crippen LogP contribution in [0.15, 0.2) is 54.6 Å². The zero-order chi connectivity index (χ0) is 28.5. The van der Waals surface area contributed by atoms with Gasteiger partial charge >= 0.3 is 5.97 Å². The topological polar surface area (TPSA) is 89.7 Å². The fraction of sp³-hybridized carbons (Fsp3) is 0.387. The number of fused-ring (bicyclic) bond motifs is 1. The number of nitrogens with zero attached hydrogens (tertiary/aromatic N) is 4. The van der Waals surface area contributed by atoms with Crippen molar-refractivity contribution in [2.75, 3.05) is 19.7 Å². The van der Waals surface area contributed by atoms with Crippen LogP contribution in [0.4, 0.5) is 4.39 Å². The largest absolute Gasteiger partial charge is 0.478 e. The summed E-state index contributed by atoms with van der Waals surface area (Å²) in [5.41, 5.74) is 3.24. The third kappa shape index (κ3) is 5.93. The molecule has 2 atom stereocenters. The van der Waals surface area contributed by atoms with Crippen LogP contribution in [-0.4, -0.2) is 56.3 Å². The summed E-state index contributed by atoms with van der Waals surface area (Å²) in [7, 11) is 0. The number of carbonyl (C=O) groups is 1. The highest BCUT2D eigenvalue weighted by Gasteiger charge is 2.30. The summed E-state index contributed by atoms with van der Waals surface area (Å²) >= 11 is 6.00. The van der Waals surface area contributed by atoms with Crippen LogP contribution >= 0.6 is 11.6 Å². The van der Waals surface area contributed by atoms with E-state index in [-0.39, 0.29) is 36.1 Å². The zero-order valence-electron chi connectivity index (χ0n) is 22.8. The zero-order valence-corrected chi connectivity index (χ0v) is 23.6. The lowest BCUT2D eigenvalue weighted by molar-refractivity contribution is -0.0594. The van der Waals surface area contributed by atoms with Crippen molar-refractivity contribution in [1.82, 2.24) is 19.4 Å². The minimum atomic E-state index is -0.948. The van der Waals surface area contributed by atoms with Crippen molar-refractivity contribution < 1.29 is 23.8 Å². The molecule has 0 saturated carbocycles. The first-order valence-electron chi connectivity index (χ1n) is 14.0. The standard InChI is InChI=1S/C31H32ClFN4O4/c1-19(30-35-27-8-5-21(31(38)39)16-28(27)37(30)17-24-11-14-40-24)36-12-9-20(10-13-36)26-3-2-4-29(34-26)41-18-22-15-23(32)6-7-25(22)33/h2-8,15-16,19-20,24H,9-14,17-18H2,1H3,(H,38,39)/t19-,24?/m0/s1. The lowest BCUT2D eigenvalue weighted by Crippen LogP contribution is -2.37. The number of pyridine rings is 1. The van der Waals surface area contributed by atoms with Crippen molar-refractivity contribution in [1.29, 1.82) is 0 Å². The summed E-state index contributed by atoms with van der Waals surface area (Å²) in [6, 6.07) is 15.3. The molecule has 0 aliphatic carbocycles. The molecule has 2 aromatic carbocycles. The van der Waals surface area contributed by atoms with Crippen molar-refractivity contribution in [2.24, 2.45) is 0 Å². The number of aromatic nitrogens is 3. The second-order valence-corrected chi connectivity index (χ2v) is 11.2. The van der Waals surface area contributed by atoms with Crippen LogP contribution in [-0.2, 0) is 17.9 Å². The van der Waals surface area contributed by atoms with Gasteiger partial charge in [-0.1, -0.05) is 17.7 Å². The van der Waals surface area contributed by atoms with E-state index in [2.05, 4.69) is 16.4 Å². The number of aromatic carboxylic acids is 1. The molecule has 2 aromatic heterocycles. The van der Waals surface area contributed by atoms with Crippen LogP contribution in [0.25, 0.3) is 11.0 Å². The third-order valence-corrected chi connectivity index (χ3v) is 8.44. The Morgan fingerprint density at radius 3 is 2.68 bits per heavy atom. The van der Waals surface area contributed by atoms with Gasteiger partial charge in [-0.2, -0.15) is 0 Å². The molecule has 0 radical (unpaired) electrons. The normalized spacial score (nSPS) is 18.8. The highest BCUT2D eigenvalue weighted by molar-refractivity contribution is 6.30. The number of carboxylic acids is 1. The molecule has 6 rings (SSSR count). The number of halogens is 2. The van der Waals surface area contributed by atoms with Crippen molar-refractivity contribution in [3.63, 3.8) is 0 Å². The van der Waals surface area contributed by atoms with Crippen molar-refractivity contribution in [2.45, 2.75) is 57.4 Å². The van der Waals surface area contributed by atoms with E-state index < -0.39 is 5.97 Å². The van der Waals surface area contributed by atoms with E-state index >= 15 is 0 Å². The molecule has 10 heteroatoms. The number of benzene rings is 2. The van der Waals surface area contributed by atoms with Gasteiger partial charge in [-0.05, 0) is 81.7 Å². The van der Waals surface area contributed by atoms with E-state index in [0.29, 0.717) is 23.0 Å². The number of piperidine rings is 1. The molecule has 0 amide bonds. The minimum Gasteiger partial charge on any atom is -0.478 e. The Labute approximate surface area is 242 Å². The Morgan fingerprint density at radius 2 is 1.95 bits per heavy atom. The number of rotatable bonds is 9. The van der Waals surface area contributed by atoms with Crippen molar-refractivity contribution in [3.8, 4) is 5.88 Å². The van der Waals surface area contributed by atoms with E-state index in [1.54, 1.807) is 30.3 Å². The summed E-state index contributed by atoms with van der Waals surface area (Å²) in [5.74, 6) is 0.368. The first kappa shape index (κ1) is 27.6. The van der Waals surface area contributed by atoms with Gasteiger partial charge in [0.25, 0.3) is 0 Å². The molecule has 4 aromatic rings. The summed E-state index contributed by atoms with van der Waals surface area (Å²) in [5, 5.41) is 10.0. The number of carboxylic acid groups (broad SMARTS) is 1. The third-order valence-electron chi connectivity index (χ3n) is 8.20. The molecule has 0 spiro atoms. The highest BCUT2D eigenvalue weighted by Crippen LogP contribution is 2.34. The van der Waals surface area contributed by atoms with E-state index in [1.807, 2.05) is 12.1 Å². The average molecular weight is 579 g/mol. The number of hydrogen-bond donors (Lipinski definition) is 1. The van der Waals surface area contributed by atoms with Gasteiger partial charge in [-0.3, -0.25) is 4.90 Å². The second-order valence-electron chi connectivity index (χ2n) is 10.8. The summed E-state index contributed by atoms with van der Waals surface area (Å²) < 4.78 is 27.8. The Balaban J connectivity index is 1.14. The summed E-state index contributed by atoms with van der Waals surface area (Å²) in [4.78, 5) is 23.7. The molecule has 0 bridgehead atoms. The van der Waals surface area contributed by atoms with Gasteiger partial charge in [0.05, 0.1) is 35.3 Å². The van der Waals surface area contributed by atoms with Crippen LogP contribution < -0.4 is 4.74 Å². The lowest BCUT2D eigenvalue weighted by Gasteiger charge is -2.36. The molecule has 2 aliphatic rings. The number of hydrogen-bond acceptors (Lipinski definition) is 6. The van der Waals surface area contributed by atoms with Gasteiger partial charge in [0.2, 0.25) is 5.88 Å². The van der Waals surface area contributed by atoms with Crippen LogP contribution in [0.5, 0.6) is 5.88 Å².